The van der Waals surface area contributed by atoms with E-state index in [1.54, 1.807) is 0 Å². The molecule has 1 aromatic heterocycles. The summed E-state index contributed by atoms with van der Waals surface area (Å²) < 4.78 is 0. The average Bonchev–Trinajstić information content (AvgIpc) is 2.66. The zero-order chi connectivity index (χ0) is 19.2. The SMILES string of the molecule is CC(=O)NCC(=O)N1CCCC(c2cc(Cc3ccccc3)cc(C)n2)C1. The molecule has 2 aromatic rings. The Balaban J connectivity index is 1.71. The summed E-state index contributed by atoms with van der Waals surface area (Å²) in [7, 11) is 0. The highest BCUT2D eigenvalue weighted by molar-refractivity contribution is 5.83. The van der Waals surface area contributed by atoms with Crippen LogP contribution in [0.4, 0.5) is 0 Å². The second kappa shape index (κ2) is 8.80. The van der Waals surface area contributed by atoms with E-state index in [1.807, 2.05) is 17.9 Å². The predicted molar refractivity (Wildman–Crippen MR) is 105 cm³/mol. The molecule has 0 saturated carbocycles. The monoisotopic (exact) mass is 365 g/mol. The number of piperidine rings is 1. The number of amides is 2. The van der Waals surface area contributed by atoms with Crippen LogP contribution in [0.3, 0.4) is 0 Å². The smallest absolute Gasteiger partial charge is 0.241 e. The fourth-order valence-corrected chi connectivity index (χ4v) is 3.67. The van der Waals surface area contributed by atoms with E-state index in [2.05, 4.69) is 41.7 Å². The minimum absolute atomic E-state index is 0.0212. The Hall–Kier alpha value is -2.69. The van der Waals surface area contributed by atoms with Gasteiger partial charge in [0.05, 0.1) is 6.54 Å². The molecule has 27 heavy (non-hydrogen) atoms. The van der Waals surface area contributed by atoms with E-state index in [0.29, 0.717) is 6.54 Å². The number of aromatic nitrogens is 1. The molecule has 2 amide bonds. The molecule has 2 heterocycles. The van der Waals surface area contributed by atoms with Gasteiger partial charge < -0.3 is 10.2 Å². The van der Waals surface area contributed by atoms with Gasteiger partial charge in [0, 0.05) is 37.3 Å². The maximum absolute atomic E-state index is 12.3. The van der Waals surface area contributed by atoms with Crippen LogP contribution < -0.4 is 5.32 Å². The van der Waals surface area contributed by atoms with Crippen LogP contribution in [0.5, 0.6) is 0 Å². The van der Waals surface area contributed by atoms with Crippen molar-refractivity contribution in [1.29, 1.82) is 0 Å². The second-order valence-corrected chi connectivity index (χ2v) is 7.29. The number of likely N-dealkylation sites (tertiary alicyclic amines) is 1. The summed E-state index contributed by atoms with van der Waals surface area (Å²) in [5, 5.41) is 2.60. The summed E-state index contributed by atoms with van der Waals surface area (Å²) in [5.41, 5.74) is 4.62. The van der Waals surface area contributed by atoms with Gasteiger partial charge in [0.2, 0.25) is 11.8 Å². The highest BCUT2D eigenvalue weighted by atomic mass is 16.2. The van der Waals surface area contributed by atoms with Crippen molar-refractivity contribution in [2.24, 2.45) is 0 Å². The lowest BCUT2D eigenvalue weighted by atomic mass is 9.92. The quantitative estimate of drug-likeness (QED) is 0.886. The van der Waals surface area contributed by atoms with Gasteiger partial charge in [-0.25, -0.2) is 0 Å². The highest BCUT2D eigenvalue weighted by Gasteiger charge is 2.26. The lowest BCUT2D eigenvalue weighted by Gasteiger charge is -2.33. The van der Waals surface area contributed by atoms with Gasteiger partial charge in [-0.05, 0) is 49.4 Å². The van der Waals surface area contributed by atoms with Crippen molar-refractivity contribution in [3.05, 3.63) is 65.0 Å². The molecule has 1 fully saturated rings. The molecule has 1 unspecified atom stereocenters. The molecule has 1 N–H and O–H groups in total. The van der Waals surface area contributed by atoms with E-state index in [1.165, 1.54) is 18.1 Å². The summed E-state index contributed by atoms with van der Waals surface area (Å²) in [6.07, 6.45) is 2.88. The molecule has 1 aliphatic heterocycles. The molecular formula is C22H27N3O2. The van der Waals surface area contributed by atoms with Gasteiger partial charge in [0.15, 0.2) is 0 Å². The molecule has 5 nitrogen and oxygen atoms in total. The van der Waals surface area contributed by atoms with Crippen molar-refractivity contribution < 1.29 is 9.59 Å². The maximum atomic E-state index is 12.3. The number of aryl methyl sites for hydroxylation is 1. The molecule has 1 atom stereocenters. The van der Waals surface area contributed by atoms with E-state index >= 15 is 0 Å². The Morgan fingerprint density at radius 2 is 1.96 bits per heavy atom. The Morgan fingerprint density at radius 3 is 2.70 bits per heavy atom. The number of benzene rings is 1. The predicted octanol–water partition coefficient (Wildman–Crippen LogP) is 2.82. The lowest BCUT2D eigenvalue weighted by molar-refractivity contribution is -0.133. The number of pyridine rings is 1. The standard InChI is InChI=1S/C22H27N3O2/c1-16-11-19(12-18-7-4-3-5-8-18)13-21(24-16)20-9-6-10-25(15-20)22(27)14-23-17(2)26/h3-5,7-8,11,13,20H,6,9-10,12,14-15H2,1-2H3,(H,23,26). The van der Waals surface area contributed by atoms with Crippen molar-refractivity contribution in [2.75, 3.05) is 19.6 Å². The van der Waals surface area contributed by atoms with Crippen LogP contribution >= 0.6 is 0 Å². The molecule has 0 aliphatic carbocycles. The number of carbonyl (C=O) groups is 2. The van der Waals surface area contributed by atoms with Gasteiger partial charge in [-0.3, -0.25) is 14.6 Å². The molecule has 0 bridgehead atoms. The van der Waals surface area contributed by atoms with E-state index in [4.69, 9.17) is 4.98 Å². The third-order valence-electron chi connectivity index (χ3n) is 4.97. The zero-order valence-corrected chi connectivity index (χ0v) is 16.1. The molecule has 0 radical (unpaired) electrons. The summed E-state index contributed by atoms with van der Waals surface area (Å²) in [6.45, 7) is 4.94. The van der Waals surface area contributed by atoms with Gasteiger partial charge in [-0.1, -0.05) is 30.3 Å². The third kappa shape index (κ3) is 5.39. The number of hydrogen-bond acceptors (Lipinski definition) is 3. The molecule has 5 heteroatoms. The number of carbonyl (C=O) groups excluding carboxylic acids is 2. The van der Waals surface area contributed by atoms with Crippen LogP contribution in [-0.2, 0) is 16.0 Å². The summed E-state index contributed by atoms with van der Waals surface area (Å²) in [5.74, 6) is 0.0457. The number of nitrogens with one attached hydrogen (secondary N) is 1. The molecule has 3 rings (SSSR count). The van der Waals surface area contributed by atoms with Crippen LogP contribution in [0.1, 0.15) is 48.2 Å². The van der Waals surface area contributed by atoms with Crippen LogP contribution in [0.25, 0.3) is 0 Å². The molecule has 142 valence electrons. The molecular weight excluding hydrogens is 338 g/mol. The number of nitrogens with zero attached hydrogens (tertiary/aromatic N) is 2. The second-order valence-electron chi connectivity index (χ2n) is 7.29. The highest BCUT2D eigenvalue weighted by Crippen LogP contribution is 2.27. The van der Waals surface area contributed by atoms with Crippen LogP contribution in [0, 0.1) is 6.92 Å². The minimum atomic E-state index is -0.178. The van der Waals surface area contributed by atoms with Crippen molar-refractivity contribution in [3.8, 4) is 0 Å². The Labute approximate surface area is 160 Å². The van der Waals surface area contributed by atoms with Gasteiger partial charge in [0.1, 0.15) is 0 Å². The first-order chi connectivity index (χ1) is 13.0. The van der Waals surface area contributed by atoms with E-state index in [-0.39, 0.29) is 24.3 Å². The van der Waals surface area contributed by atoms with Gasteiger partial charge in [-0.2, -0.15) is 0 Å². The first-order valence-corrected chi connectivity index (χ1v) is 9.55. The van der Waals surface area contributed by atoms with Crippen LogP contribution in [-0.4, -0.2) is 41.3 Å². The summed E-state index contributed by atoms with van der Waals surface area (Å²) in [6, 6.07) is 14.7. The molecule has 0 spiro atoms. The minimum Gasteiger partial charge on any atom is -0.347 e. The van der Waals surface area contributed by atoms with Crippen molar-refractivity contribution >= 4 is 11.8 Å². The zero-order valence-electron chi connectivity index (χ0n) is 16.1. The van der Waals surface area contributed by atoms with Gasteiger partial charge >= 0.3 is 0 Å². The third-order valence-corrected chi connectivity index (χ3v) is 4.97. The molecule has 1 saturated heterocycles. The van der Waals surface area contributed by atoms with Crippen molar-refractivity contribution in [1.82, 2.24) is 15.2 Å². The first kappa shape index (κ1) is 19.1. The first-order valence-electron chi connectivity index (χ1n) is 9.55. The van der Waals surface area contributed by atoms with Gasteiger partial charge in [-0.15, -0.1) is 0 Å². The Kier molecular flexibility index (Phi) is 6.22. The number of rotatable bonds is 5. The van der Waals surface area contributed by atoms with Crippen molar-refractivity contribution in [2.45, 2.75) is 39.0 Å². The van der Waals surface area contributed by atoms with Crippen LogP contribution in [0.2, 0.25) is 0 Å². The fraction of sp³-hybridized carbons (Fsp3) is 0.409. The summed E-state index contributed by atoms with van der Waals surface area (Å²) >= 11 is 0. The normalized spacial score (nSPS) is 16.8. The summed E-state index contributed by atoms with van der Waals surface area (Å²) in [4.78, 5) is 30.0. The van der Waals surface area contributed by atoms with E-state index < -0.39 is 0 Å². The fourth-order valence-electron chi connectivity index (χ4n) is 3.67. The Morgan fingerprint density at radius 1 is 1.19 bits per heavy atom. The number of hydrogen-bond donors (Lipinski definition) is 1. The lowest BCUT2D eigenvalue weighted by Crippen LogP contribution is -2.44. The van der Waals surface area contributed by atoms with Crippen molar-refractivity contribution in [3.63, 3.8) is 0 Å². The maximum Gasteiger partial charge on any atom is 0.241 e. The molecule has 1 aliphatic rings. The largest absolute Gasteiger partial charge is 0.347 e. The average molecular weight is 365 g/mol. The van der Waals surface area contributed by atoms with E-state index in [9.17, 15) is 9.59 Å². The molecule has 1 aromatic carbocycles. The van der Waals surface area contributed by atoms with Crippen LogP contribution in [0.15, 0.2) is 42.5 Å². The van der Waals surface area contributed by atoms with E-state index in [0.717, 1.165) is 37.2 Å². The van der Waals surface area contributed by atoms with Gasteiger partial charge in [0.25, 0.3) is 0 Å². The Bertz CT molecular complexity index is 804. The topological polar surface area (TPSA) is 62.3 Å².